The molecule has 32 heavy (non-hydrogen) atoms. The highest BCUT2D eigenvalue weighted by molar-refractivity contribution is 7.98. The molecule has 0 bridgehead atoms. The maximum absolute atomic E-state index is 13.1. The quantitative estimate of drug-likeness (QED) is 0.602. The van der Waals surface area contributed by atoms with Crippen LogP contribution in [0.4, 0.5) is 5.69 Å². The fourth-order valence-corrected chi connectivity index (χ4v) is 7.07. The Bertz CT molecular complexity index is 965. The van der Waals surface area contributed by atoms with Crippen LogP contribution in [0.15, 0.2) is 29.2 Å². The summed E-state index contributed by atoms with van der Waals surface area (Å²) in [5.74, 6) is -1.20. The number of rotatable bonds is 7. The average Bonchev–Trinajstić information content (AvgIpc) is 3.42. The van der Waals surface area contributed by atoms with Crippen molar-refractivity contribution in [2.45, 2.75) is 49.5 Å². The monoisotopic (exact) mass is 479 g/mol. The van der Waals surface area contributed by atoms with Gasteiger partial charge in [0, 0.05) is 24.5 Å². The van der Waals surface area contributed by atoms with Gasteiger partial charge in [-0.15, -0.1) is 0 Å². The number of imide groups is 1. The van der Waals surface area contributed by atoms with Crippen molar-refractivity contribution in [1.29, 1.82) is 0 Å². The Labute approximate surface area is 193 Å². The second-order valence-corrected chi connectivity index (χ2v) is 11.5. The highest BCUT2D eigenvalue weighted by Crippen LogP contribution is 2.39. The summed E-state index contributed by atoms with van der Waals surface area (Å²) in [5, 5.41) is 2.77. The number of benzene rings is 1. The molecule has 1 N–H and O–H groups in total. The number of fused-ring (bicyclic) bond motifs is 1. The minimum absolute atomic E-state index is 0.187. The Hall–Kier alpha value is -1.91. The van der Waals surface area contributed by atoms with E-state index in [1.54, 1.807) is 12.1 Å². The molecular formula is C22H29N3O5S2. The molecule has 3 unspecified atom stereocenters. The van der Waals surface area contributed by atoms with Gasteiger partial charge in [-0.2, -0.15) is 16.1 Å². The van der Waals surface area contributed by atoms with E-state index in [-0.39, 0.29) is 28.5 Å². The van der Waals surface area contributed by atoms with E-state index >= 15 is 0 Å². The number of hydrogen-bond acceptors (Lipinski definition) is 6. The number of thioether (sulfide) groups is 1. The fraction of sp³-hybridized carbons (Fsp3) is 0.591. The molecule has 1 saturated carbocycles. The van der Waals surface area contributed by atoms with Gasteiger partial charge in [0.2, 0.25) is 27.7 Å². The van der Waals surface area contributed by atoms with E-state index in [1.165, 1.54) is 33.1 Å². The number of hydrogen-bond donors (Lipinski definition) is 1. The lowest BCUT2D eigenvalue weighted by atomic mass is 9.81. The summed E-state index contributed by atoms with van der Waals surface area (Å²) in [6.07, 6.45) is 6.81. The molecule has 1 aromatic rings. The first kappa shape index (κ1) is 23.3. The summed E-state index contributed by atoms with van der Waals surface area (Å²) >= 11 is 1.40. The zero-order valence-electron chi connectivity index (χ0n) is 18.2. The zero-order chi connectivity index (χ0) is 22.9. The Morgan fingerprint density at radius 3 is 2.12 bits per heavy atom. The second-order valence-electron chi connectivity index (χ2n) is 8.64. The van der Waals surface area contributed by atoms with Gasteiger partial charge in [-0.25, -0.2) is 8.42 Å². The number of anilines is 1. The highest BCUT2D eigenvalue weighted by Gasteiger charge is 2.51. The van der Waals surface area contributed by atoms with Crippen molar-refractivity contribution in [2.75, 3.05) is 30.4 Å². The van der Waals surface area contributed by atoms with Gasteiger partial charge in [0.05, 0.1) is 16.7 Å². The van der Waals surface area contributed by atoms with E-state index < -0.39 is 22.0 Å². The van der Waals surface area contributed by atoms with E-state index in [4.69, 9.17) is 0 Å². The third kappa shape index (κ3) is 4.32. The van der Waals surface area contributed by atoms with Gasteiger partial charge in [-0.05, 0) is 56.2 Å². The van der Waals surface area contributed by atoms with Crippen LogP contribution in [0.3, 0.4) is 0 Å². The summed E-state index contributed by atoms with van der Waals surface area (Å²) in [6.45, 7) is 1.05. The first-order valence-electron chi connectivity index (χ1n) is 11.1. The first-order chi connectivity index (χ1) is 15.3. The predicted octanol–water partition coefficient (Wildman–Crippen LogP) is 2.32. The van der Waals surface area contributed by atoms with E-state index in [2.05, 4.69) is 5.32 Å². The molecule has 1 aliphatic carbocycles. The number of likely N-dealkylation sites (tertiary alicyclic amines) is 1. The van der Waals surface area contributed by atoms with Crippen LogP contribution >= 0.6 is 11.8 Å². The van der Waals surface area contributed by atoms with E-state index in [1.807, 2.05) is 6.26 Å². The predicted molar refractivity (Wildman–Crippen MR) is 123 cm³/mol. The third-order valence-electron chi connectivity index (χ3n) is 6.64. The van der Waals surface area contributed by atoms with Gasteiger partial charge in [-0.1, -0.05) is 12.8 Å². The molecule has 1 aromatic carbocycles. The minimum atomic E-state index is -3.53. The third-order valence-corrected chi connectivity index (χ3v) is 9.20. The summed E-state index contributed by atoms with van der Waals surface area (Å²) in [4.78, 5) is 40.3. The van der Waals surface area contributed by atoms with Gasteiger partial charge in [0.15, 0.2) is 0 Å². The Balaban J connectivity index is 1.49. The van der Waals surface area contributed by atoms with Gasteiger partial charge in [-0.3, -0.25) is 19.3 Å². The van der Waals surface area contributed by atoms with E-state index in [9.17, 15) is 22.8 Å². The molecule has 0 aromatic heterocycles. The Morgan fingerprint density at radius 1 is 1.03 bits per heavy atom. The van der Waals surface area contributed by atoms with Gasteiger partial charge >= 0.3 is 0 Å². The van der Waals surface area contributed by atoms with Crippen molar-refractivity contribution in [3.05, 3.63) is 24.3 Å². The maximum Gasteiger partial charge on any atom is 0.248 e. The van der Waals surface area contributed by atoms with Crippen LogP contribution < -0.4 is 5.32 Å². The van der Waals surface area contributed by atoms with Crippen molar-refractivity contribution >= 4 is 45.2 Å². The van der Waals surface area contributed by atoms with Crippen molar-refractivity contribution in [1.82, 2.24) is 9.21 Å². The molecule has 3 aliphatic rings. The molecule has 174 valence electrons. The molecule has 3 atom stereocenters. The molecule has 2 heterocycles. The maximum atomic E-state index is 13.1. The number of carbonyl (C=O) groups excluding carboxylic acids is 3. The molecule has 2 saturated heterocycles. The van der Waals surface area contributed by atoms with Crippen molar-refractivity contribution in [3.8, 4) is 0 Å². The largest absolute Gasteiger partial charge is 0.324 e. The van der Waals surface area contributed by atoms with E-state index in [0.717, 1.165) is 25.7 Å². The minimum Gasteiger partial charge on any atom is -0.324 e. The van der Waals surface area contributed by atoms with Gasteiger partial charge in [0.1, 0.15) is 6.04 Å². The van der Waals surface area contributed by atoms with Crippen molar-refractivity contribution in [2.24, 2.45) is 11.8 Å². The molecule has 10 heteroatoms. The molecular weight excluding hydrogens is 450 g/mol. The molecule has 3 amide bonds. The number of sulfonamides is 1. The normalized spacial score (nSPS) is 25.1. The molecule has 3 fully saturated rings. The van der Waals surface area contributed by atoms with Crippen molar-refractivity contribution in [3.63, 3.8) is 0 Å². The lowest BCUT2D eigenvalue weighted by molar-refractivity contribution is -0.145. The van der Waals surface area contributed by atoms with E-state index in [0.29, 0.717) is 37.4 Å². The number of carbonyl (C=O) groups is 3. The SMILES string of the molecule is CSCC(C(=O)Nc1ccc(S(=O)(=O)N2CCCC2)cc1)N1C(=O)C2CCCCC2C1=O. The number of nitrogens with one attached hydrogen (secondary N) is 1. The van der Waals surface area contributed by atoms with Crippen molar-refractivity contribution < 1.29 is 22.8 Å². The lowest BCUT2D eigenvalue weighted by Gasteiger charge is -2.25. The summed E-state index contributed by atoms with van der Waals surface area (Å²) in [7, 11) is -3.53. The second kappa shape index (κ2) is 9.52. The molecule has 8 nitrogen and oxygen atoms in total. The van der Waals surface area contributed by atoms with Gasteiger partial charge in [0.25, 0.3) is 0 Å². The lowest BCUT2D eigenvalue weighted by Crippen LogP contribution is -2.49. The van der Waals surface area contributed by atoms with Crippen LogP contribution in [0, 0.1) is 11.8 Å². The smallest absolute Gasteiger partial charge is 0.248 e. The van der Waals surface area contributed by atoms with Gasteiger partial charge < -0.3 is 5.32 Å². The topological polar surface area (TPSA) is 104 Å². The Kier molecular flexibility index (Phi) is 6.92. The van der Waals surface area contributed by atoms with Crippen LogP contribution in [0.2, 0.25) is 0 Å². The first-order valence-corrected chi connectivity index (χ1v) is 13.9. The summed E-state index contributed by atoms with van der Waals surface area (Å²) < 4.78 is 26.8. The summed E-state index contributed by atoms with van der Waals surface area (Å²) in [5.41, 5.74) is 0.429. The Morgan fingerprint density at radius 2 is 1.59 bits per heavy atom. The molecule has 0 spiro atoms. The number of nitrogens with zero attached hydrogens (tertiary/aromatic N) is 2. The fourth-order valence-electron chi connectivity index (χ4n) is 4.93. The molecule has 0 radical (unpaired) electrons. The van der Waals surface area contributed by atoms with Crippen LogP contribution in [0.1, 0.15) is 38.5 Å². The van der Waals surface area contributed by atoms with Crippen LogP contribution in [-0.4, -0.2) is 66.5 Å². The summed E-state index contributed by atoms with van der Waals surface area (Å²) in [6, 6.07) is 5.17. The van der Waals surface area contributed by atoms with Crippen LogP contribution in [-0.2, 0) is 24.4 Å². The van der Waals surface area contributed by atoms with Crippen LogP contribution in [0.5, 0.6) is 0 Å². The standard InChI is InChI=1S/C22H29N3O5S2/c1-31-14-19(25-21(27)17-6-2-3-7-18(17)22(25)28)20(26)23-15-8-10-16(11-9-15)32(29,30)24-12-4-5-13-24/h8-11,17-19H,2-7,12-14H2,1H3,(H,23,26). The average molecular weight is 480 g/mol. The molecule has 2 aliphatic heterocycles. The zero-order valence-corrected chi connectivity index (χ0v) is 19.8. The molecule has 4 rings (SSSR count). The number of amides is 3. The highest BCUT2D eigenvalue weighted by atomic mass is 32.2. The van der Waals surface area contributed by atoms with Crippen LogP contribution in [0.25, 0.3) is 0 Å².